The number of carbonyl (C=O) groups is 2. The molecule has 0 unspecified atom stereocenters. The summed E-state index contributed by atoms with van der Waals surface area (Å²) < 4.78 is 5.72. The van der Waals surface area contributed by atoms with Crippen LogP contribution in [0.1, 0.15) is 47.5 Å². The summed E-state index contributed by atoms with van der Waals surface area (Å²) in [6.45, 7) is 1.86. The summed E-state index contributed by atoms with van der Waals surface area (Å²) in [5.74, 6) is 0.462. The van der Waals surface area contributed by atoms with Crippen molar-refractivity contribution in [2.75, 3.05) is 19.7 Å². The molecule has 0 atom stereocenters. The van der Waals surface area contributed by atoms with E-state index < -0.39 is 5.97 Å². The lowest BCUT2D eigenvalue weighted by Crippen LogP contribution is -2.38. The first-order chi connectivity index (χ1) is 15.1. The maximum absolute atomic E-state index is 13.2. The first kappa shape index (κ1) is 20.9. The van der Waals surface area contributed by atoms with E-state index >= 15 is 0 Å². The lowest BCUT2D eigenvalue weighted by Gasteiger charge is -2.32. The van der Waals surface area contributed by atoms with Gasteiger partial charge in [0, 0.05) is 25.1 Å². The van der Waals surface area contributed by atoms with Crippen LogP contribution < -0.4 is 4.74 Å². The molecule has 1 amide bonds. The fraction of sp³-hybridized carbons (Fsp3) is 0.308. The van der Waals surface area contributed by atoms with Crippen LogP contribution in [0.3, 0.4) is 0 Å². The third-order valence-corrected chi connectivity index (χ3v) is 5.94. The number of benzene rings is 3. The van der Waals surface area contributed by atoms with Crippen LogP contribution in [0.2, 0.25) is 0 Å². The van der Waals surface area contributed by atoms with Crippen LogP contribution in [0.5, 0.6) is 5.75 Å². The minimum absolute atomic E-state index is 0.103. The van der Waals surface area contributed by atoms with Crippen LogP contribution in [-0.4, -0.2) is 41.6 Å². The van der Waals surface area contributed by atoms with E-state index in [0.717, 1.165) is 48.0 Å². The average Bonchev–Trinajstić information content (AvgIpc) is 2.81. The van der Waals surface area contributed by atoms with Gasteiger partial charge in [-0.05, 0) is 59.7 Å². The summed E-state index contributed by atoms with van der Waals surface area (Å²) in [4.78, 5) is 25.7. The van der Waals surface area contributed by atoms with E-state index in [2.05, 4.69) is 6.07 Å². The zero-order valence-corrected chi connectivity index (χ0v) is 17.5. The number of hydrogen-bond donors (Lipinski definition) is 1. The molecule has 1 saturated heterocycles. The lowest BCUT2D eigenvalue weighted by atomic mass is 9.89. The third-order valence-electron chi connectivity index (χ3n) is 5.94. The molecule has 1 heterocycles. The number of ether oxygens (including phenoxy) is 1. The second-order valence-electron chi connectivity index (χ2n) is 8.01. The number of likely N-dealkylation sites (tertiary alicyclic amines) is 1. The second-order valence-corrected chi connectivity index (χ2v) is 8.01. The highest BCUT2D eigenvalue weighted by molar-refractivity contribution is 6.07. The molecule has 1 fully saturated rings. The number of carboxylic acid groups (broad SMARTS) is 1. The molecule has 1 aliphatic heterocycles. The number of aliphatic carboxylic acids is 1. The summed E-state index contributed by atoms with van der Waals surface area (Å²) in [6, 6.07) is 22.0. The van der Waals surface area contributed by atoms with Crippen molar-refractivity contribution >= 4 is 22.6 Å². The number of nitrogens with zero attached hydrogens (tertiary/aromatic N) is 1. The van der Waals surface area contributed by atoms with Gasteiger partial charge in [-0.25, -0.2) is 0 Å². The summed E-state index contributed by atoms with van der Waals surface area (Å²) >= 11 is 0. The fourth-order valence-electron chi connectivity index (χ4n) is 4.27. The van der Waals surface area contributed by atoms with Crippen LogP contribution in [0.15, 0.2) is 66.7 Å². The highest BCUT2D eigenvalue weighted by Gasteiger charge is 2.25. The number of carbonyl (C=O) groups excluding carboxylic acids is 1. The molecule has 0 aliphatic carbocycles. The van der Waals surface area contributed by atoms with E-state index in [-0.39, 0.29) is 12.3 Å². The Hall–Kier alpha value is -3.34. The van der Waals surface area contributed by atoms with Gasteiger partial charge in [0.05, 0.1) is 6.61 Å². The van der Waals surface area contributed by atoms with Crippen LogP contribution in [0.4, 0.5) is 0 Å². The molecule has 0 aromatic heterocycles. The van der Waals surface area contributed by atoms with Crippen LogP contribution in [-0.2, 0) is 4.79 Å². The Bertz CT molecular complexity index is 1060. The van der Waals surface area contributed by atoms with Crippen molar-refractivity contribution in [3.8, 4) is 5.75 Å². The Morgan fingerprint density at radius 1 is 0.968 bits per heavy atom. The number of carboxylic acids is 1. The minimum atomic E-state index is -0.804. The molecule has 0 radical (unpaired) electrons. The van der Waals surface area contributed by atoms with Crippen molar-refractivity contribution in [3.63, 3.8) is 0 Å². The Labute approximate surface area is 182 Å². The van der Waals surface area contributed by atoms with Crippen molar-refractivity contribution in [1.29, 1.82) is 0 Å². The van der Waals surface area contributed by atoms with Crippen LogP contribution >= 0.6 is 0 Å². The number of hydrogen-bond acceptors (Lipinski definition) is 3. The van der Waals surface area contributed by atoms with Gasteiger partial charge in [-0.15, -0.1) is 0 Å². The lowest BCUT2D eigenvalue weighted by molar-refractivity contribution is -0.137. The van der Waals surface area contributed by atoms with Crippen molar-refractivity contribution < 1.29 is 19.4 Å². The Kier molecular flexibility index (Phi) is 6.51. The van der Waals surface area contributed by atoms with Gasteiger partial charge in [0.1, 0.15) is 5.75 Å². The van der Waals surface area contributed by atoms with Gasteiger partial charge in [-0.2, -0.15) is 0 Å². The van der Waals surface area contributed by atoms with Gasteiger partial charge in [-0.3, -0.25) is 9.59 Å². The Balaban J connectivity index is 1.37. The molecule has 5 nitrogen and oxygen atoms in total. The van der Waals surface area contributed by atoms with Gasteiger partial charge in [0.2, 0.25) is 0 Å². The standard InChI is InChI=1S/C26H27NO4/c28-25(29)12-5-17-31-22-9-3-8-21(18-22)19-13-15-27(16-14-19)26(30)24-11-4-7-20-6-1-2-10-23(20)24/h1-4,6-11,18-19H,5,12-17H2,(H,28,29). The molecule has 31 heavy (non-hydrogen) atoms. The van der Waals surface area contributed by atoms with Gasteiger partial charge >= 0.3 is 5.97 Å². The smallest absolute Gasteiger partial charge is 0.303 e. The highest BCUT2D eigenvalue weighted by atomic mass is 16.5. The molecule has 5 heteroatoms. The van der Waals surface area contributed by atoms with E-state index in [0.29, 0.717) is 18.9 Å². The van der Waals surface area contributed by atoms with E-state index in [1.54, 1.807) is 0 Å². The van der Waals surface area contributed by atoms with E-state index in [1.165, 1.54) is 5.56 Å². The molecule has 1 aliphatic rings. The first-order valence-corrected chi connectivity index (χ1v) is 10.8. The molecule has 160 valence electrons. The van der Waals surface area contributed by atoms with Crippen molar-refractivity contribution in [3.05, 3.63) is 77.9 Å². The molecule has 3 aromatic rings. The topological polar surface area (TPSA) is 66.8 Å². The number of piperidine rings is 1. The average molecular weight is 418 g/mol. The highest BCUT2D eigenvalue weighted by Crippen LogP contribution is 2.31. The summed E-state index contributed by atoms with van der Waals surface area (Å²) in [6.07, 6.45) is 2.44. The molecule has 1 N–H and O–H groups in total. The summed E-state index contributed by atoms with van der Waals surface area (Å²) in [5.41, 5.74) is 1.99. The second kappa shape index (κ2) is 9.65. The van der Waals surface area contributed by atoms with Gasteiger partial charge < -0.3 is 14.7 Å². The normalized spacial score (nSPS) is 14.5. The largest absolute Gasteiger partial charge is 0.494 e. The molecule has 0 spiro atoms. The minimum Gasteiger partial charge on any atom is -0.494 e. The quantitative estimate of drug-likeness (QED) is 0.543. The predicted octanol–water partition coefficient (Wildman–Crippen LogP) is 5.10. The molecule has 3 aromatic carbocycles. The molecule has 0 saturated carbocycles. The maximum atomic E-state index is 13.2. The van der Waals surface area contributed by atoms with Crippen molar-refractivity contribution in [2.24, 2.45) is 0 Å². The van der Waals surface area contributed by atoms with Gasteiger partial charge in [0.15, 0.2) is 0 Å². The third kappa shape index (κ3) is 5.05. The number of fused-ring (bicyclic) bond motifs is 1. The SMILES string of the molecule is O=C(O)CCCOc1cccc(C2CCN(C(=O)c3cccc4ccccc34)CC2)c1. The zero-order chi connectivity index (χ0) is 21.6. The van der Waals surface area contributed by atoms with E-state index in [9.17, 15) is 9.59 Å². The summed E-state index contributed by atoms with van der Waals surface area (Å²) in [5, 5.41) is 10.8. The summed E-state index contributed by atoms with van der Waals surface area (Å²) in [7, 11) is 0. The Morgan fingerprint density at radius 3 is 2.52 bits per heavy atom. The molecular formula is C26H27NO4. The first-order valence-electron chi connectivity index (χ1n) is 10.8. The maximum Gasteiger partial charge on any atom is 0.303 e. The molecule has 4 rings (SSSR count). The van der Waals surface area contributed by atoms with Crippen LogP contribution in [0.25, 0.3) is 10.8 Å². The fourth-order valence-corrected chi connectivity index (χ4v) is 4.27. The van der Waals surface area contributed by atoms with E-state index in [4.69, 9.17) is 9.84 Å². The van der Waals surface area contributed by atoms with Crippen LogP contribution in [0, 0.1) is 0 Å². The van der Waals surface area contributed by atoms with Crippen molar-refractivity contribution in [1.82, 2.24) is 4.90 Å². The monoisotopic (exact) mass is 417 g/mol. The van der Waals surface area contributed by atoms with Crippen molar-refractivity contribution in [2.45, 2.75) is 31.6 Å². The molecular weight excluding hydrogens is 390 g/mol. The Morgan fingerprint density at radius 2 is 1.71 bits per heavy atom. The van der Waals surface area contributed by atoms with E-state index in [1.807, 2.05) is 65.6 Å². The predicted molar refractivity (Wildman–Crippen MR) is 121 cm³/mol. The zero-order valence-electron chi connectivity index (χ0n) is 17.5. The number of rotatable bonds is 7. The molecule has 0 bridgehead atoms. The van der Waals surface area contributed by atoms with Gasteiger partial charge in [-0.1, -0.05) is 48.5 Å². The van der Waals surface area contributed by atoms with Gasteiger partial charge in [0.25, 0.3) is 5.91 Å². The number of amides is 1.